The van der Waals surface area contributed by atoms with Crippen molar-refractivity contribution in [2.24, 2.45) is 0 Å². The fourth-order valence-corrected chi connectivity index (χ4v) is 4.18. The van der Waals surface area contributed by atoms with Crippen molar-refractivity contribution in [2.75, 3.05) is 14.2 Å². The fraction of sp³-hybridized carbons (Fsp3) is 0.182. The summed E-state index contributed by atoms with van der Waals surface area (Å²) in [4.78, 5) is 26.0. The van der Waals surface area contributed by atoms with E-state index < -0.39 is 11.9 Å². The summed E-state index contributed by atoms with van der Waals surface area (Å²) >= 11 is 6.20. The molecule has 6 nitrogen and oxygen atoms in total. The second-order valence-electron chi connectivity index (χ2n) is 6.81. The normalized spacial score (nSPS) is 17.7. The number of nitrogens with one attached hydrogen (secondary N) is 1. The zero-order chi connectivity index (χ0) is 20.9. The molecule has 7 heteroatoms. The molecule has 1 atom stereocenters. The number of hydrogen-bond donors (Lipinski definition) is 2. The van der Waals surface area contributed by atoms with Gasteiger partial charge in [-0.25, -0.2) is 4.79 Å². The van der Waals surface area contributed by atoms with Gasteiger partial charge in [0.2, 0.25) is 0 Å². The number of benzene rings is 2. The number of dihydropyridines is 1. The van der Waals surface area contributed by atoms with Crippen LogP contribution in [0.15, 0.2) is 53.2 Å². The number of phenols is 1. The van der Waals surface area contributed by atoms with Gasteiger partial charge in [0.25, 0.3) is 0 Å². The van der Waals surface area contributed by atoms with Gasteiger partial charge in [-0.15, -0.1) is 0 Å². The molecule has 2 aromatic carbocycles. The van der Waals surface area contributed by atoms with Crippen LogP contribution < -0.4 is 10.1 Å². The molecular formula is C22H18ClNO5. The third kappa shape index (κ3) is 2.79. The number of ether oxygens (including phenoxy) is 2. The Morgan fingerprint density at radius 1 is 1.17 bits per heavy atom. The SMILES string of the molecule is COC(=O)C1=C(C)NC2=C(C(=O)c3ccccc32)[C@H]1c1cc(Cl)c(O)c(OC)c1. The van der Waals surface area contributed by atoms with Gasteiger partial charge in [0.15, 0.2) is 17.3 Å². The number of phenolic OH excluding ortho intramolecular Hbond substituents is 1. The zero-order valence-corrected chi connectivity index (χ0v) is 16.8. The minimum absolute atomic E-state index is 0.0601. The molecule has 0 saturated carbocycles. The van der Waals surface area contributed by atoms with Crippen LogP contribution in [0.4, 0.5) is 0 Å². The van der Waals surface area contributed by atoms with Crippen molar-refractivity contribution in [1.82, 2.24) is 5.32 Å². The van der Waals surface area contributed by atoms with E-state index in [0.29, 0.717) is 33.7 Å². The third-order valence-electron chi connectivity index (χ3n) is 5.26. The van der Waals surface area contributed by atoms with Crippen molar-refractivity contribution in [1.29, 1.82) is 0 Å². The molecule has 1 aliphatic heterocycles. The quantitative estimate of drug-likeness (QED) is 0.747. The van der Waals surface area contributed by atoms with Gasteiger partial charge in [-0.3, -0.25) is 4.79 Å². The Kier molecular flexibility index (Phi) is 4.59. The van der Waals surface area contributed by atoms with E-state index >= 15 is 0 Å². The van der Waals surface area contributed by atoms with E-state index in [2.05, 4.69) is 5.32 Å². The van der Waals surface area contributed by atoms with Gasteiger partial charge in [-0.05, 0) is 24.6 Å². The molecule has 0 aromatic heterocycles. The van der Waals surface area contributed by atoms with E-state index in [1.807, 2.05) is 12.1 Å². The van der Waals surface area contributed by atoms with Crippen LogP contribution in [0, 0.1) is 0 Å². The number of ketones is 1. The molecule has 0 fully saturated rings. The minimum atomic E-state index is -0.731. The number of aromatic hydroxyl groups is 1. The van der Waals surface area contributed by atoms with Crippen LogP contribution in [-0.4, -0.2) is 31.1 Å². The molecule has 0 saturated heterocycles. The number of allylic oxidation sites excluding steroid dienone is 2. The molecule has 29 heavy (non-hydrogen) atoms. The smallest absolute Gasteiger partial charge is 0.336 e. The Labute approximate surface area is 172 Å². The van der Waals surface area contributed by atoms with Crippen LogP contribution in [-0.2, 0) is 9.53 Å². The fourth-order valence-electron chi connectivity index (χ4n) is 3.96. The van der Waals surface area contributed by atoms with E-state index in [1.165, 1.54) is 20.3 Å². The predicted molar refractivity (Wildman–Crippen MR) is 108 cm³/mol. The molecule has 0 spiro atoms. The van der Waals surface area contributed by atoms with Crippen LogP contribution in [0.3, 0.4) is 0 Å². The zero-order valence-electron chi connectivity index (χ0n) is 16.0. The lowest BCUT2D eigenvalue weighted by Gasteiger charge is -2.29. The number of hydrogen-bond acceptors (Lipinski definition) is 6. The van der Waals surface area contributed by atoms with Gasteiger partial charge in [-0.1, -0.05) is 35.9 Å². The maximum absolute atomic E-state index is 13.3. The van der Waals surface area contributed by atoms with Crippen molar-refractivity contribution in [3.63, 3.8) is 0 Å². The number of halogens is 1. The Balaban J connectivity index is 1.99. The minimum Gasteiger partial charge on any atom is -0.503 e. The first-order valence-electron chi connectivity index (χ1n) is 8.89. The predicted octanol–water partition coefficient (Wildman–Crippen LogP) is 3.80. The molecule has 0 amide bonds. The van der Waals surface area contributed by atoms with Crippen molar-refractivity contribution in [3.8, 4) is 11.5 Å². The molecule has 2 aliphatic rings. The highest BCUT2D eigenvalue weighted by Crippen LogP contribution is 2.48. The second-order valence-corrected chi connectivity index (χ2v) is 7.21. The standard InChI is InChI=1S/C22H18ClNO5/c1-10-16(22(27)29-3)17(11-8-14(23)21(26)15(9-11)28-2)18-19(24-10)12-6-4-5-7-13(12)20(18)25/h4-9,17,24,26H,1-3H3/t17-/m0/s1. The average molecular weight is 412 g/mol. The summed E-state index contributed by atoms with van der Waals surface area (Å²) in [6, 6.07) is 10.4. The summed E-state index contributed by atoms with van der Waals surface area (Å²) < 4.78 is 10.2. The van der Waals surface area contributed by atoms with E-state index in [9.17, 15) is 14.7 Å². The summed E-state index contributed by atoms with van der Waals surface area (Å²) in [6.07, 6.45) is 0. The average Bonchev–Trinajstić information content (AvgIpc) is 3.00. The third-order valence-corrected chi connectivity index (χ3v) is 5.55. The summed E-state index contributed by atoms with van der Waals surface area (Å²) in [5, 5.41) is 13.4. The Bertz CT molecular complexity index is 1130. The van der Waals surface area contributed by atoms with Gasteiger partial charge >= 0.3 is 5.97 Å². The van der Waals surface area contributed by atoms with Gasteiger partial charge in [0.1, 0.15) is 0 Å². The van der Waals surface area contributed by atoms with E-state index in [-0.39, 0.29) is 22.3 Å². The maximum atomic E-state index is 13.3. The highest BCUT2D eigenvalue weighted by Gasteiger charge is 2.43. The van der Waals surface area contributed by atoms with Crippen LogP contribution in [0.2, 0.25) is 5.02 Å². The topological polar surface area (TPSA) is 84.9 Å². The molecule has 148 valence electrons. The Hall–Kier alpha value is -3.25. The van der Waals surface area contributed by atoms with Gasteiger partial charge in [0.05, 0.1) is 30.5 Å². The highest BCUT2D eigenvalue weighted by atomic mass is 35.5. The molecule has 2 N–H and O–H groups in total. The first-order valence-corrected chi connectivity index (χ1v) is 9.27. The monoisotopic (exact) mass is 411 g/mol. The molecule has 2 aromatic rings. The number of carbonyl (C=O) groups excluding carboxylic acids is 2. The molecule has 1 heterocycles. The summed E-state index contributed by atoms with van der Waals surface area (Å²) in [5.74, 6) is -1.52. The first kappa shape index (κ1) is 19.1. The van der Waals surface area contributed by atoms with Gasteiger partial charge in [0, 0.05) is 28.3 Å². The number of rotatable bonds is 3. The Morgan fingerprint density at radius 3 is 2.52 bits per heavy atom. The second kappa shape index (κ2) is 6.97. The number of carbonyl (C=O) groups is 2. The number of Topliss-reactive ketones (excluding diaryl/α,β-unsaturated/α-hetero) is 1. The van der Waals surface area contributed by atoms with E-state index in [0.717, 1.165) is 5.56 Å². The summed E-state index contributed by atoms with van der Waals surface area (Å²) in [7, 11) is 2.69. The van der Waals surface area contributed by atoms with Crippen molar-refractivity contribution in [2.45, 2.75) is 12.8 Å². The van der Waals surface area contributed by atoms with Crippen LogP contribution in [0.1, 0.15) is 34.3 Å². The lowest BCUT2D eigenvalue weighted by Crippen LogP contribution is -2.29. The van der Waals surface area contributed by atoms with Crippen LogP contribution >= 0.6 is 11.6 Å². The highest BCUT2D eigenvalue weighted by molar-refractivity contribution is 6.32. The van der Waals surface area contributed by atoms with E-state index in [1.54, 1.807) is 25.1 Å². The molecular weight excluding hydrogens is 394 g/mol. The summed E-state index contributed by atoms with van der Waals surface area (Å²) in [6.45, 7) is 1.76. The lowest BCUT2D eigenvalue weighted by molar-refractivity contribution is -0.136. The van der Waals surface area contributed by atoms with Crippen LogP contribution in [0.25, 0.3) is 5.70 Å². The largest absolute Gasteiger partial charge is 0.503 e. The summed E-state index contributed by atoms with van der Waals surface area (Å²) in [5.41, 5.74) is 3.84. The van der Waals surface area contributed by atoms with Crippen molar-refractivity contribution in [3.05, 3.63) is 75.0 Å². The molecule has 0 bridgehead atoms. The molecule has 4 rings (SSSR count). The van der Waals surface area contributed by atoms with Gasteiger partial charge in [-0.2, -0.15) is 0 Å². The molecule has 0 unspecified atom stereocenters. The Morgan fingerprint density at radius 2 is 1.86 bits per heavy atom. The lowest BCUT2D eigenvalue weighted by atomic mass is 9.79. The number of fused-ring (bicyclic) bond motifs is 2. The molecule has 1 aliphatic carbocycles. The van der Waals surface area contributed by atoms with Crippen molar-refractivity contribution < 1.29 is 24.2 Å². The van der Waals surface area contributed by atoms with Gasteiger partial charge < -0.3 is 19.9 Å². The van der Waals surface area contributed by atoms with E-state index in [4.69, 9.17) is 21.1 Å². The van der Waals surface area contributed by atoms with Crippen LogP contribution in [0.5, 0.6) is 11.5 Å². The first-order chi connectivity index (χ1) is 13.9. The number of esters is 1. The van der Waals surface area contributed by atoms with Crippen molar-refractivity contribution >= 4 is 29.1 Å². The molecule has 0 radical (unpaired) electrons. The number of methoxy groups -OCH3 is 2. The maximum Gasteiger partial charge on any atom is 0.336 e.